The second-order valence-corrected chi connectivity index (χ2v) is 10.6. The predicted molar refractivity (Wildman–Crippen MR) is 144 cm³/mol. The molecule has 2 saturated heterocycles. The van der Waals surface area contributed by atoms with Gasteiger partial charge in [-0.25, -0.2) is 14.8 Å². The summed E-state index contributed by atoms with van der Waals surface area (Å²) in [5.41, 5.74) is 0.0642. The Kier molecular flexibility index (Phi) is 6.94. The molecule has 6 rings (SSSR count). The summed E-state index contributed by atoms with van der Waals surface area (Å²) >= 11 is 0. The Labute approximate surface area is 234 Å². The minimum Gasteiger partial charge on any atom is -0.475 e. The Balaban J connectivity index is 1.24. The van der Waals surface area contributed by atoms with Gasteiger partial charge in [0, 0.05) is 24.7 Å². The van der Waals surface area contributed by atoms with Gasteiger partial charge in [-0.3, -0.25) is 10.2 Å². The van der Waals surface area contributed by atoms with E-state index in [0.717, 1.165) is 31.5 Å². The van der Waals surface area contributed by atoms with E-state index in [0.29, 0.717) is 30.5 Å². The minimum absolute atomic E-state index is 0.101. The molecule has 3 aliphatic heterocycles. The molecule has 216 valence electrons. The molecular formula is C28H29F3N6O4. The summed E-state index contributed by atoms with van der Waals surface area (Å²) in [7, 11) is 0. The van der Waals surface area contributed by atoms with Gasteiger partial charge in [0.05, 0.1) is 30.1 Å². The molecule has 0 aliphatic carbocycles. The molecule has 2 atom stereocenters. The summed E-state index contributed by atoms with van der Waals surface area (Å²) < 4.78 is 57.1. The third-order valence-corrected chi connectivity index (χ3v) is 7.19. The van der Waals surface area contributed by atoms with Crippen LogP contribution in [0.15, 0.2) is 48.7 Å². The van der Waals surface area contributed by atoms with Gasteiger partial charge in [0.25, 0.3) is 0 Å². The van der Waals surface area contributed by atoms with Crippen LogP contribution in [-0.2, 0) is 15.7 Å². The summed E-state index contributed by atoms with van der Waals surface area (Å²) in [5.74, 6) is 0.371. The number of ether oxygens (including phenoxy) is 3. The molecule has 2 amide bonds. The topological polar surface area (TPSA) is 102 Å². The van der Waals surface area contributed by atoms with Crippen molar-refractivity contribution in [2.45, 2.75) is 50.8 Å². The number of hydrogen-bond donors (Lipinski definition) is 1. The van der Waals surface area contributed by atoms with Gasteiger partial charge in [-0.05, 0) is 44.9 Å². The van der Waals surface area contributed by atoms with E-state index in [1.165, 1.54) is 12.1 Å². The number of halogens is 3. The highest BCUT2D eigenvalue weighted by molar-refractivity contribution is 6.04. The summed E-state index contributed by atoms with van der Waals surface area (Å²) in [5, 5.41) is 2.84. The fourth-order valence-corrected chi connectivity index (χ4v) is 5.32. The average Bonchev–Trinajstić information content (AvgIpc) is 3.30. The first-order valence-electron chi connectivity index (χ1n) is 13.4. The molecule has 3 aromatic rings. The van der Waals surface area contributed by atoms with Crippen LogP contribution in [0.25, 0.3) is 11.4 Å². The molecule has 0 saturated carbocycles. The summed E-state index contributed by atoms with van der Waals surface area (Å²) in [6.45, 7) is 5.68. The number of carbonyl (C=O) groups excluding carboxylic acids is 1. The van der Waals surface area contributed by atoms with E-state index in [1.54, 1.807) is 29.3 Å². The lowest BCUT2D eigenvalue weighted by Crippen LogP contribution is -2.56. The van der Waals surface area contributed by atoms with Crippen molar-refractivity contribution in [3.63, 3.8) is 0 Å². The van der Waals surface area contributed by atoms with E-state index < -0.39 is 23.6 Å². The second-order valence-electron chi connectivity index (χ2n) is 10.6. The molecule has 41 heavy (non-hydrogen) atoms. The Morgan fingerprint density at radius 3 is 2.80 bits per heavy atom. The number of anilines is 3. The van der Waals surface area contributed by atoms with Gasteiger partial charge < -0.3 is 19.1 Å². The Hall–Kier alpha value is -3.97. The van der Waals surface area contributed by atoms with E-state index in [1.807, 2.05) is 13.8 Å². The first-order chi connectivity index (χ1) is 19.6. The van der Waals surface area contributed by atoms with Crippen molar-refractivity contribution in [2.75, 3.05) is 41.4 Å². The highest BCUT2D eigenvalue weighted by Crippen LogP contribution is 2.39. The first-order valence-corrected chi connectivity index (χ1v) is 13.4. The Morgan fingerprint density at radius 1 is 1.20 bits per heavy atom. The van der Waals surface area contributed by atoms with Gasteiger partial charge in [-0.1, -0.05) is 18.2 Å². The van der Waals surface area contributed by atoms with Crippen molar-refractivity contribution >= 4 is 23.4 Å². The summed E-state index contributed by atoms with van der Waals surface area (Å²) in [6.07, 6.45) is -1.55. The number of piperidine rings is 1. The zero-order valence-electron chi connectivity index (χ0n) is 22.5. The van der Waals surface area contributed by atoms with Gasteiger partial charge in [0.1, 0.15) is 18.5 Å². The van der Waals surface area contributed by atoms with Crippen LogP contribution in [0.3, 0.4) is 0 Å². The van der Waals surface area contributed by atoms with E-state index in [4.69, 9.17) is 14.2 Å². The lowest BCUT2D eigenvalue weighted by Gasteiger charge is -2.45. The van der Waals surface area contributed by atoms with Crippen LogP contribution in [0.2, 0.25) is 0 Å². The van der Waals surface area contributed by atoms with E-state index in [2.05, 4.69) is 25.2 Å². The molecule has 0 spiro atoms. The number of alkyl halides is 3. The van der Waals surface area contributed by atoms with Crippen LogP contribution in [0.4, 0.5) is 35.3 Å². The Morgan fingerprint density at radius 2 is 2.02 bits per heavy atom. The van der Waals surface area contributed by atoms with Crippen molar-refractivity contribution < 1.29 is 32.2 Å². The number of rotatable bonds is 5. The number of urea groups is 1. The highest BCUT2D eigenvalue weighted by atomic mass is 19.4. The molecule has 5 heterocycles. The zero-order chi connectivity index (χ0) is 28.8. The lowest BCUT2D eigenvalue weighted by atomic mass is 10.0. The van der Waals surface area contributed by atoms with Gasteiger partial charge >= 0.3 is 12.2 Å². The minimum atomic E-state index is -4.50. The summed E-state index contributed by atoms with van der Waals surface area (Å²) in [6, 6.07) is 9.26. The maximum Gasteiger partial charge on any atom is 0.416 e. The predicted octanol–water partition coefficient (Wildman–Crippen LogP) is 5.11. The number of nitrogens with zero attached hydrogens (tertiary/aromatic N) is 5. The van der Waals surface area contributed by atoms with Crippen LogP contribution in [0, 0.1) is 0 Å². The van der Waals surface area contributed by atoms with Crippen LogP contribution >= 0.6 is 0 Å². The second kappa shape index (κ2) is 10.5. The first kappa shape index (κ1) is 27.2. The third-order valence-electron chi connectivity index (χ3n) is 7.19. The smallest absolute Gasteiger partial charge is 0.416 e. The van der Waals surface area contributed by atoms with Gasteiger partial charge in [0.15, 0.2) is 17.4 Å². The van der Waals surface area contributed by atoms with Crippen molar-refractivity contribution in [3.05, 3.63) is 54.2 Å². The SMILES string of the molecule is CC1(C)OC[C@@H](COc2cccc(NC(=O)N3c4nc(-c5cccc(C(F)(F)F)c5)ncc4N4CCCC3C4)n2)O1. The number of benzene rings is 1. The van der Waals surface area contributed by atoms with Crippen molar-refractivity contribution in [1.82, 2.24) is 15.0 Å². The number of amides is 2. The number of aromatic nitrogens is 3. The van der Waals surface area contributed by atoms with E-state index >= 15 is 0 Å². The molecule has 2 bridgehead atoms. The van der Waals surface area contributed by atoms with Crippen LogP contribution in [-0.4, -0.2) is 65.2 Å². The molecule has 2 fully saturated rings. The van der Waals surface area contributed by atoms with Crippen molar-refractivity contribution in [1.29, 1.82) is 0 Å². The fraction of sp³-hybridized carbons (Fsp3) is 0.429. The molecule has 0 radical (unpaired) electrons. The van der Waals surface area contributed by atoms with Crippen LogP contribution in [0.1, 0.15) is 32.3 Å². The molecular weight excluding hydrogens is 541 g/mol. The molecule has 13 heteroatoms. The monoisotopic (exact) mass is 570 g/mol. The normalized spacial score (nSPS) is 21.4. The molecule has 1 unspecified atom stereocenters. The third kappa shape index (κ3) is 5.77. The molecule has 2 aromatic heterocycles. The number of nitrogens with one attached hydrogen (secondary N) is 1. The van der Waals surface area contributed by atoms with Gasteiger partial charge in [-0.15, -0.1) is 0 Å². The van der Waals surface area contributed by atoms with Gasteiger partial charge in [-0.2, -0.15) is 18.2 Å². The Bertz CT molecular complexity index is 1450. The fourth-order valence-electron chi connectivity index (χ4n) is 5.32. The number of carbonyl (C=O) groups is 1. The van der Waals surface area contributed by atoms with Crippen molar-refractivity contribution in [2.24, 2.45) is 0 Å². The van der Waals surface area contributed by atoms with Crippen molar-refractivity contribution in [3.8, 4) is 17.3 Å². The quantitative estimate of drug-likeness (QED) is 0.452. The highest BCUT2D eigenvalue weighted by Gasteiger charge is 2.39. The standard InChI is InChI=1S/C28H29F3N6O4/c1-27(2)40-16-20(41-27)15-39-23-10-4-9-22(33-23)34-26(38)37-19-8-5-11-36(14-19)21-13-32-24(35-25(21)37)17-6-3-7-18(12-17)28(29,30)31/h3-4,6-7,9-10,12-13,19-20H,5,8,11,14-16H2,1-2H3,(H,33,34,38)/t19?,20-/m1/s1. The molecule has 3 aliphatic rings. The number of pyridine rings is 1. The largest absolute Gasteiger partial charge is 0.475 e. The molecule has 10 nitrogen and oxygen atoms in total. The van der Waals surface area contributed by atoms with Crippen LogP contribution in [0.5, 0.6) is 5.88 Å². The maximum atomic E-state index is 13.7. The number of fused-ring (bicyclic) bond motifs is 4. The lowest BCUT2D eigenvalue weighted by molar-refractivity contribution is -0.141. The van der Waals surface area contributed by atoms with E-state index in [-0.39, 0.29) is 36.0 Å². The number of hydrogen-bond acceptors (Lipinski definition) is 8. The summed E-state index contributed by atoms with van der Waals surface area (Å²) in [4.78, 5) is 30.7. The maximum absolute atomic E-state index is 13.7. The molecule has 1 N–H and O–H groups in total. The average molecular weight is 571 g/mol. The van der Waals surface area contributed by atoms with Gasteiger partial charge in [0.2, 0.25) is 5.88 Å². The molecule has 1 aromatic carbocycles. The van der Waals surface area contributed by atoms with E-state index in [9.17, 15) is 18.0 Å². The zero-order valence-corrected chi connectivity index (χ0v) is 22.5. The van der Waals surface area contributed by atoms with Crippen LogP contribution < -0.4 is 19.9 Å².